The summed E-state index contributed by atoms with van der Waals surface area (Å²) in [7, 11) is 2.52. The van der Waals surface area contributed by atoms with Gasteiger partial charge in [-0.15, -0.1) is 0 Å². The highest BCUT2D eigenvalue weighted by molar-refractivity contribution is 7.80. The Morgan fingerprint density at radius 1 is 1.30 bits per heavy atom. The normalized spacial score (nSPS) is 9.70. The average Bonchev–Trinajstić information content (AvgIpc) is 2.46. The van der Waals surface area contributed by atoms with Gasteiger partial charge in [0.05, 0.1) is 19.9 Å². The first-order valence-electron chi connectivity index (χ1n) is 5.63. The molecule has 0 atom stereocenters. The first-order valence-corrected chi connectivity index (χ1v) is 6.03. The van der Waals surface area contributed by atoms with Crippen molar-refractivity contribution in [1.29, 1.82) is 0 Å². The van der Waals surface area contributed by atoms with Crippen molar-refractivity contribution in [2.45, 2.75) is 0 Å². The third-order valence-corrected chi connectivity index (χ3v) is 2.65. The molecule has 7 nitrogen and oxygen atoms in total. The molecule has 2 N–H and O–H groups in total. The standard InChI is InChI=1S/C12H15N3O4S/c1-18-9(16)6-15(7-10(17)19-2)8-4-3-5-14-11(8)12(13)20/h3-5H,6-7H2,1-2H3,(H2,13,20). The van der Waals surface area contributed by atoms with E-state index >= 15 is 0 Å². The second-order valence-corrected chi connectivity index (χ2v) is 4.18. The molecule has 108 valence electrons. The van der Waals surface area contributed by atoms with Gasteiger partial charge in [-0.25, -0.2) is 0 Å². The van der Waals surface area contributed by atoms with Gasteiger partial charge in [0, 0.05) is 6.20 Å². The second kappa shape index (κ2) is 7.39. The van der Waals surface area contributed by atoms with Gasteiger partial charge in [0.25, 0.3) is 0 Å². The zero-order valence-corrected chi connectivity index (χ0v) is 12.0. The summed E-state index contributed by atoms with van der Waals surface area (Å²) >= 11 is 4.91. The van der Waals surface area contributed by atoms with E-state index in [2.05, 4.69) is 14.5 Å². The quantitative estimate of drug-likeness (QED) is 0.573. The van der Waals surface area contributed by atoms with Crippen molar-refractivity contribution in [3.05, 3.63) is 24.0 Å². The molecule has 0 fully saturated rings. The summed E-state index contributed by atoms with van der Waals surface area (Å²) in [6, 6.07) is 3.31. The van der Waals surface area contributed by atoms with Crippen LogP contribution in [0.5, 0.6) is 0 Å². The molecule has 0 aliphatic carbocycles. The number of nitrogens with two attached hydrogens (primary N) is 1. The number of anilines is 1. The molecule has 0 aliphatic rings. The largest absolute Gasteiger partial charge is 0.468 e. The molecule has 8 heteroatoms. The molecule has 1 heterocycles. The van der Waals surface area contributed by atoms with Crippen LogP contribution in [0.15, 0.2) is 18.3 Å². The molecule has 0 radical (unpaired) electrons. The van der Waals surface area contributed by atoms with E-state index in [0.29, 0.717) is 11.4 Å². The number of nitrogens with zero attached hydrogens (tertiary/aromatic N) is 2. The van der Waals surface area contributed by atoms with Gasteiger partial charge in [0.15, 0.2) is 0 Å². The Bertz CT molecular complexity index is 503. The van der Waals surface area contributed by atoms with Crippen LogP contribution in [-0.4, -0.2) is 49.2 Å². The Morgan fingerprint density at radius 3 is 2.30 bits per heavy atom. The SMILES string of the molecule is COC(=O)CN(CC(=O)OC)c1cccnc1C(N)=S. The Kier molecular flexibility index (Phi) is 5.85. The third-order valence-electron chi connectivity index (χ3n) is 2.46. The number of rotatable bonds is 6. The van der Waals surface area contributed by atoms with Crippen LogP contribution < -0.4 is 10.6 Å². The molecular weight excluding hydrogens is 282 g/mol. The lowest BCUT2D eigenvalue weighted by molar-refractivity contribution is -0.140. The van der Waals surface area contributed by atoms with Crippen LogP contribution in [0.3, 0.4) is 0 Å². The van der Waals surface area contributed by atoms with Crippen molar-refractivity contribution in [2.24, 2.45) is 5.73 Å². The molecule has 1 aromatic rings. The monoisotopic (exact) mass is 297 g/mol. The smallest absolute Gasteiger partial charge is 0.325 e. The zero-order chi connectivity index (χ0) is 15.1. The molecule has 0 amide bonds. The highest BCUT2D eigenvalue weighted by atomic mass is 32.1. The fourth-order valence-electron chi connectivity index (χ4n) is 1.51. The molecule has 1 rings (SSSR count). The Morgan fingerprint density at radius 2 is 1.85 bits per heavy atom. The average molecular weight is 297 g/mol. The summed E-state index contributed by atoms with van der Waals surface area (Å²) < 4.78 is 9.20. The van der Waals surface area contributed by atoms with Crippen LogP contribution in [0.4, 0.5) is 5.69 Å². The van der Waals surface area contributed by atoms with Crippen LogP contribution in [0, 0.1) is 0 Å². The van der Waals surface area contributed by atoms with E-state index in [-0.39, 0.29) is 18.1 Å². The van der Waals surface area contributed by atoms with Crippen LogP contribution >= 0.6 is 12.2 Å². The fourth-order valence-corrected chi connectivity index (χ4v) is 1.67. The number of hydrogen-bond acceptors (Lipinski definition) is 7. The Balaban J connectivity index is 3.12. The fraction of sp³-hybridized carbons (Fsp3) is 0.333. The number of methoxy groups -OCH3 is 2. The number of carbonyl (C=O) groups is 2. The van der Waals surface area contributed by atoms with Gasteiger partial charge in [-0.1, -0.05) is 12.2 Å². The molecule has 0 spiro atoms. The minimum Gasteiger partial charge on any atom is -0.468 e. The highest BCUT2D eigenvalue weighted by Gasteiger charge is 2.20. The molecule has 0 bridgehead atoms. The van der Waals surface area contributed by atoms with Gasteiger partial charge in [0.1, 0.15) is 23.8 Å². The zero-order valence-electron chi connectivity index (χ0n) is 11.2. The Labute approximate surface area is 121 Å². The van der Waals surface area contributed by atoms with Crippen molar-refractivity contribution >= 4 is 34.8 Å². The molecule has 0 unspecified atom stereocenters. The maximum Gasteiger partial charge on any atom is 0.325 e. The predicted octanol–water partition coefficient (Wildman–Crippen LogP) is -0.132. The lowest BCUT2D eigenvalue weighted by atomic mass is 10.2. The lowest BCUT2D eigenvalue weighted by Gasteiger charge is -2.23. The second-order valence-electron chi connectivity index (χ2n) is 3.74. The minimum absolute atomic E-state index is 0.0698. The molecular formula is C12H15N3O4S. The molecule has 1 aromatic heterocycles. The van der Waals surface area contributed by atoms with E-state index in [4.69, 9.17) is 18.0 Å². The Hall–Kier alpha value is -2.22. The summed E-state index contributed by atoms with van der Waals surface area (Å²) in [5, 5.41) is 0. The molecule has 20 heavy (non-hydrogen) atoms. The molecule has 0 aromatic carbocycles. The van der Waals surface area contributed by atoms with E-state index in [9.17, 15) is 9.59 Å². The number of thiocarbonyl (C=S) groups is 1. The van der Waals surface area contributed by atoms with Crippen molar-refractivity contribution < 1.29 is 19.1 Å². The van der Waals surface area contributed by atoms with Gasteiger partial charge in [0.2, 0.25) is 0 Å². The maximum absolute atomic E-state index is 11.4. The number of aromatic nitrogens is 1. The van der Waals surface area contributed by atoms with Crippen molar-refractivity contribution in [2.75, 3.05) is 32.2 Å². The summed E-state index contributed by atoms with van der Waals surface area (Å²) in [6.07, 6.45) is 1.52. The number of ether oxygens (including phenoxy) is 2. The van der Waals surface area contributed by atoms with E-state index < -0.39 is 11.9 Å². The van der Waals surface area contributed by atoms with Gasteiger partial charge < -0.3 is 20.1 Å². The van der Waals surface area contributed by atoms with Crippen molar-refractivity contribution in [3.63, 3.8) is 0 Å². The molecule has 0 aliphatic heterocycles. The van der Waals surface area contributed by atoms with E-state index in [1.54, 1.807) is 12.1 Å². The summed E-state index contributed by atoms with van der Waals surface area (Å²) in [4.78, 5) is 28.5. The number of esters is 2. The number of pyridine rings is 1. The number of hydrogen-bond donors (Lipinski definition) is 1. The summed E-state index contributed by atoms with van der Waals surface area (Å²) in [5.74, 6) is -1.02. The first-order chi connectivity index (χ1) is 9.49. The van der Waals surface area contributed by atoms with Crippen molar-refractivity contribution in [3.8, 4) is 0 Å². The van der Waals surface area contributed by atoms with Crippen LogP contribution in [0.25, 0.3) is 0 Å². The van der Waals surface area contributed by atoms with E-state index in [0.717, 1.165) is 0 Å². The van der Waals surface area contributed by atoms with Gasteiger partial charge >= 0.3 is 11.9 Å². The molecule has 0 saturated heterocycles. The van der Waals surface area contributed by atoms with Crippen LogP contribution in [0.2, 0.25) is 0 Å². The maximum atomic E-state index is 11.4. The van der Waals surface area contributed by atoms with E-state index in [1.165, 1.54) is 25.3 Å². The molecule has 0 saturated carbocycles. The summed E-state index contributed by atoms with van der Waals surface area (Å²) in [5.41, 5.74) is 6.39. The van der Waals surface area contributed by atoms with E-state index in [1.807, 2.05) is 0 Å². The minimum atomic E-state index is -0.508. The van der Waals surface area contributed by atoms with Crippen LogP contribution in [-0.2, 0) is 19.1 Å². The van der Waals surface area contributed by atoms with Gasteiger partial charge in [-0.05, 0) is 12.1 Å². The van der Waals surface area contributed by atoms with Gasteiger partial charge in [-0.3, -0.25) is 14.6 Å². The summed E-state index contributed by atoms with van der Waals surface area (Å²) in [6.45, 7) is -0.292. The van der Waals surface area contributed by atoms with Crippen molar-refractivity contribution in [1.82, 2.24) is 4.98 Å². The topological polar surface area (TPSA) is 94.8 Å². The first kappa shape index (κ1) is 15.8. The van der Waals surface area contributed by atoms with Gasteiger partial charge in [-0.2, -0.15) is 0 Å². The number of carbonyl (C=O) groups excluding carboxylic acids is 2. The lowest BCUT2D eigenvalue weighted by Crippen LogP contribution is -2.37. The predicted molar refractivity (Wildman–Crippen MR) is 76.4 cm³/mol. The highest BCUT2D eigenvalue weighted by Crippen LogP contribution is 2.18. The third kappa shape index (κ3) is 4.16. The van der Waals surface area contributed by atoms with Crippen LogP contribution in [0.1, 0.15) is 5.69 Å².